The van der Waals surface area contributed by atoms with E-state index in [2.05, 4.69) is 0 Å². The molecule has 1 aromatic carbocycles. The number of aromatic hydroxyl groups is 2. The zero-order valence-electron chi connectivity index (χ0n) is 8.73. The van der Waals surface area contributed by atoms with Gasteiger partial charge in [0.05, 0.1) is 0 Å². The second kappa shape index (κ2) is 21.5. The standard InChI is InChI=1S/C6H6O2.HNO2.2H2N.H4O3Se.Pt/c7-5-3-1-2-4-6(5)8;2-1-3;;;1-4(2)3;/h1-4,7-8H;(H,2,3);2*1H2;1-4H;/q;;2*-1;;+2/p-1. The average Bonchev–Trinajstić information content (AvgIpc) is 2.10. The zero-order chi connectivity index (χ0) is 12.3. The van der Waals surface area contributed by atoms with Crippen LogP contribution in [0.2, 0.25) is 0 Å². The molecule has 0 aliphatic carbocycles. The van der Waals surface area contributed by atoms with E-state index in [1.54, 1.807) is 12.1 Å². The molecular weight excluding hydrogens is 500 g/mol. The molecule has 1 aromatic rings. The van der Waals surface area contributed by atoms with E-state index in [-0.39, 0.29) is 44.9 Å². The Hall–Kier alpha value is -0.772. The van der Waals surface area contributed by atoms with Gasteiger partial charge in [0.2, 0.25) is 0 Å². The van der Waals surface area contributed by atoms with Crippen LogP contribution in [0, 0.1) is 10.1 Å². The Kier molecular flexibility index (Phi) is 36.3. The van der Waals surface area contributed by atoms with Gasteiger partial charge >= 0.3 is 48.5 Å². The van der Waals surface area contributed by atoms with Crippen LogP contribution in [0.3, 0.4) is 0 Å². The predicted molar refractivity (Wildman–Crippen MR) is 63.3 cm³/mol. The van der Waals surface area contributed by atoms with Crippen molar-refractivity contribution in [1.29, 1.82) is 0 Å². The first-order valence-corrected chi connectivity index (χ1v) is 5.76. The molecule has 0 aliphatic rings. The van der Waals surface area contributed by atoms with Crippen molar-refractivity contribution >= 4 is 14.9 Å². The third-order valence-electron chi connectivity index (χ3n) is 0.882. The van der Waals surface area contributed by atoms with E-state index in [0.29, 0.717) is 0 Å². The van der Waals surface area contributed by atoms with Crippen LogP contribution in [0.1, 0.15) is 0 Å². The van der Waals surface area contributed by atoms with Gasteiger partial charge in [0, 0.05) is 0 Å². The van der Waals surface area contributed by atoms with Gasteiger partial charge in [-0.3, -0.25) is 0 Å². The number of rotatable bonds is 0. The number of phenols is 2. The normalized spacial score (nSPS) is 7.17. The largest absolute Gasteiger partial charge is 2.00 e. The van der Waals surface area contributed by atoms with Crippen molar-refractivity contribution in [2.45, 2.75) is 0 Å². The molecule has 9 N–H and O–H groups in total. The number of benzene rings is 1. The van der Waals surface area contributed by atoms with Gasteiger partial charge in [0.1, 0.15) is 0 Å². The molecular formula is C6H14N3O7PtSe-. The van der Waals surface area contributed by atoms with Crippen molar-refractivity contribution in [1.82, 2.24) is 0 Å². The summed E-state index contributed by atoms with van der Waals surface area (Å²) in [6.45, 7) is 0. The quantitative estimate of drug-likeness (QED) is 0.142. The van der Waals surface area contributed by atoms with Gasteiger partial charge in [-0.25, -0.2) is 0 Å². The fourth-order valence-electron chi connectivity index (χ4n) is 0.464. The maximum absolute atomic E-state index is 8.67. The molecule has 0 fully saturated rings. The summed E-state index contributed by atoms with van der Waals surface area (Å²) in [4.78, 5) is 8.00. The van der Waals surface area contributed by atoms with Crippen LogP contribution in [0.15, 0.2) is 29.6 Å². The number of hydrogen-bond acceptors (Lipinski definition) is 8. The summed E-state index contributed by atoms with van der Waals surface area (Å²) in [6.07, 6.45) is 0. The van der Waals surface area contributed by atoms with Gasteiger partial charge in [-0.05, 0) is 12.1 Å². The molecule has 0 aliphatic heterocycles. The minimum Gasteiger partial charge on any atom is -0.693 e. The number of phenolic OH excluding ortho intramolecular Hbond substituents is 2. The fraction of sp³-hybridized carbons (Fsp3) is 0. The molecule has 0 saturated heterocycles. The molecule has 0 unspecified atom stereocenters. The van der Waals surface area contributed by atoms with Gasteiger partial charge in [-0.15, -0.1) is 5.34 Å². The summed E-state index contributed by atoms with van der Waals surface area (Å²) in [7, 11) is 0. The summed E-state index contributed by atoms with van der Waals surface area (Å²) in [5.41, 5.74) is 0. The number of nitrogens with zero attached hydrogens (tertiary/aromatic N) is 1. The Morgan fingerprint density at radius 2 is 1.17 bits per heavy atom. The monoisotopic (exact) mass is 515 g/mol. The third-order valence-corrected chi connectivity index (χ3v) is 0.882. The molecule has 112 valence electrons. The van der Waals surface area contributed by atoms with Crippen molar-refractivity contribution in [3.63, 3.8) is 0 Å². The second-order valence-electron chi connectivity index (χ2n) is 1.83. The van der Waals surface area contributed by atoms with E-state index in [0.717, 1.165) is 5.34 Å². The Bertz CT molecular complexity index is 257. The Labute approximate surface area is 122 Å². The molecule has 10 nitrogen and oxygen atoms in total. The molecule has 0 saturated carbocycles. The average molecular weight is 514 g/mol. The maximum atomic E-state index is 8.67. The van der Waals surface area contributed by atoms with Gasteiger partial charge in [-0.2, -0.15) is 0 Å². The summed E-state index contributed by atoms with van der Waals surface area (Å²) >= 11 is -3.19. The minimum atomic E-state index is -3.19. The predicted octanol–water partition coefficient (Wildman–Crippen LogP) is 0.461. The van der Waals surface area contributed by atoms with E-state index < -0.39 is 14.9 Å². The van der Waals surface area contributed by atoms with E-state index in [1.165, 1.54) is 12.1 Å². The van der Waals surface area contributed by atoms with E-state index in [1.807, 2.05) is 0 Å². The Morgan fingerprint density at radius 3 is 1.28 bits per heavy atom. The molecule has 0 radical (unpaired) electrons. The van der Waals surface area contributed by atoms with Crippen molar-refractivity contribution < 1.29 is 43.8 Å². The molecule has 0 aromatic heterocycles. The molecule has 1 rings (SSSR count). The van der Waals surface area contributed by atoms with Crippen LogP contribution < -0.4 is 0 Å². The molecule has 12 heteroatoms. The molecule has 0 bridgehead atoms. The maximum Gasteiger partial charge on any atom is 2.00 e. The second-order valence-corrected chi connectivity index (χ2v) is 2.96. The fourth-order valence-corrected chi connectivity index (χ4v) is 0.464. The zero-order valence-corrected chi connectivity index (χ0v) is 12.9. The van der Waals surface area contributed by atoms with Gasteiger partial charge in [0.15, 0.2) is 11.5 Å². The topological polar surface area (TPSA) is 221 Å². The SMILES string of the molecule is O=N[O-].O[SeH](O)O.Oc1ccccc1O.[NH2-].[NH2-].[Pt+2]. The summed E-state index contributed by atoms with van der Waals surface area (Å²) in [6, 6.07) is 6.15. The number of hydrogen-bond donors (Lipinski definition) is 5. The molecule has 0 amide bonds. The molecule has 0 heterocycles. The Morgan fingerprint density at radius 1 is 1.00 bits per heavy atom. The first-order valence-electron chi connectivity index (χ1n) is 3.24. The molecule has 18 heavy (non-hydrogen) atoms. The van der Waals surface area contributed by atoms with Crippen LogP contribution in [-0.2, 0) is 21.1 Å². The molecule has 0 spiro atoms. The van der Waals surface area contributed by atoms with Crippen LogP contribution in [0.5, 0.6) is 11.5 Å². The molecule has 0 atom stereocenters. The Balaban J connectivity index is -0.0000000497. The summed E-state index contributed by atoms with van der Waals surface area (Å²) < 4.78 is 21.9. The smallest absolute Gasteiger partial charge is 0.693 e. The van der Waals surface area contributed by atoms with Gasteiger partial charge in [0.25, 0.3) is 0 Å². The van der Waals surface area contributed by atoms with Crippen LogP contribution in [0.25, 0.3) is 12.3 Å². The minimum absolute atomic E-state index is 0. The van der Waals surface area contributed by atoms with Crippen molar-refractivity contribution in [3.05, 3.63) is 46.7 Å². The van der Waals surface area contributed by atoms with Gasteiger partial charge < -0.3 is 32.6 Å². The summed E-state index contributed by atoms with van der Waals surface area (Å²) in [5.74, 6) is -0.153. The van der Waals surface area contributed by atoms with Gasteiger partial charge in [-0.1, -0.05) is 12.1 Å². The van der Waals surface area contributed by atoms with E-state index in [9.17, 15) is 0 Å². The summed E-state index contributed by atoms with van der Waals surface area (Å²) in [5, 5.41) is 26.3. The van der Waals surface area contributed by atoms with Crippen LogP contribution >= 0.6 is 0 Å². The van der Waals surface area contributed by atoms with Crippen molar-refractivity contribution in [2.75, 3.05) is 0 Å². The first kappa shape index (κ1) is 30.3. The van der Waals surface area contributed by atoms with E-state index >= 15 is 0 Å². The number of para-hydroxylation sites is 2. The van der Waals surface area contributed by atoms with Crippen LogP contribution in [0.4, 0.5) is 0 Å². The van der Waals surface area contributed by atoms with Crippen molar-refractivity contribution in [2.24, 2.45) is 5.34 Å². The number of nitrogens with two attached hydrogens (primary N) is 2. The van der Waals surface area contributed by atoms with Crippen molar-refractivity contribution in [3.8, 4) is 11.5 Å². The van der Waals surface area contributed by atoms with E-state index in [4.69, 9.17) is 32.9 Å². The third kappa shape index (κ3) is 29.5. The first-order chi connectivity index (χ1) is 6.95. The van der Waals surface area contributed by atoms with Crippen LogP contribution in [-0.4, -0.2) is 37.7 Å².